The summed E-state index contributed by atoms with van der Waals surface area (Å²) in [4.78, 5) is 12.4. The average Bonchev–Trinajstić information content (AvgIpc) is 3.13. The van der Waals surface area contributed by atoms with E-state index in [2.05, 4.69) is 5.43 Å². The molecule has 1 heterocycles. The van der Waals surface area contributed by atoms with Gasteiger partial charge in [0.1, 0.15) is 11.5 Å². The number of rotatable bonds is 8. The fraction of sp³-hybridized carbons (Fsp3) is 0.348. The van der Waals surface area contributed by atoms with Crippen LogP contribution in [-0.4, -0.2) is 44.0 Å². The highest BCUT2D eigenvalue weighted by Gasteiger charge is 2.36. The molecule has 7 nitrogen and oxygen atoms in total. The summed E-state index contributed by atoms with van der Waals surface area (Å²) in [5.41, 5.74) is 6.67. The molecule has 1 aliphatic heterocycles. The summed E-state index contributed by atoms with van der Waals surface area (Å²) in [5, 5.41) is 12.3. The Morgan fingerprint density at radius 1 is 1.07 bits per heavy atom. The number of methoxy groups -OCH3 is 2. The minimum Gasteiger partial charge on any atom is -0.497 e. The maximum atomic E-state index is 12.4. The number of carbonyl (C=O) groups excluding carboxylic acids is 1. The minimum atomic E-state index is -0.717. The summed E-state index contributed by atoms with van der Waals surface area (Å²) in [5.74, 6) is 1.15. The molecule has 160 valence electrons. The molecule has 0 aliphatic carbocycles. The molecular weight excluding hydrogens is 384 g/mol. The molecule has 2 aromatic carbocycles. The molecule has 2 atom stereocenters. The molecule has 0 spiro atoms. The predicted molar refractivity (Wildman–Crippen MR) is 115 cm³/mol. The van der Waals surface area contributed by atoms with Crippen molar-refractivity contribution in [3.63, 3.8) is 0 Å². The van der Waals surface area contributed by atoms with Crippen LogP contribution in [0.15, 0.2) is 54.1 Å². The highest BCUT2D eigenvalue weighted by atomic mass is 16.5. The van der Waals surface area contributed by atoms with Crippen molar-refractivity contribution in [2.24, 2.45) is 0 Å². The van der Waals surface area contributed by atoms with Crippen LogP contribution in [0.25, 0.3) is 5.70 Å². The zero-order valence-corrected chi connectivity index (χ0v) is 17.7. The molecule has 30 heavy (non-hydrogen) atoms. The zero-order valence-electron chi connectivity index (χ0n) is 17.7. The molecule has 0 fully saturated rings. The molecule has 0 saturated carbocycles. The van der Waals surface area contributed by atoms with Crippen molar-refractivity contribution in [2.75, 3.05) is 25.8 Å². The van der Waals surface area contributed by atoms with Crippen LogP contribution in [0.5, 0.6) is 11.5 Å². The molecule has 0 bridgehead atoms. The maximum Gasteiger partial charge on any atom is 0.310 e. The van der Waals surface area contributed by atoms with Crippen molar-refractivity contribution in [2.45, 2.75) is 32.4 Å². The first kappa shape index (κ1) is 21.7. The van der Waals surface area contributed by atoms with Crippen LogP contribution < -0.4 is 19.9 Å². The number of nitrogens with zero attached hydrogens (tertiary/aromatic N) is 1. The second-order valence-corrected chi connectivity index (χ2v) is 6.96. The van der Waals surface area contributed by atoms with Gasteiger partial charge in [-0.3, -0.25) is 9.80 Å². The van der Waals surface area contributed by atoms with Crippen LogP contribution in [-0.2, 0) is 9.53 Å². The fourth-order valence-corrected chi connectivity index (χ4v) is 3.53. The average molecular weight is 412 g/mol. The Morgan fingerprint density at radius 2 is 1.63 bits per heavy atom. The van der Waals surface area contributed by atoms with E-state index in [1.807, 2.05) is 53.5 Å². The Morgan fingerprint density at radius 3 is 2.13 bits per heavy atom. The zero-order chi connectivity index (χ0) is 21.7. The number of benzene rings is 2. The number of esters is 1. The van der Waals surface area contributed by atoms with Gasteiger partial charge in [-0.1, -0.05) is 0 Å². The summed E-state index contributed by atoms with van der Waals surface area (Å²) >= 11 is 0. The van der Waals surface area contributed by atoms with Gasteiger partial charge in [0.2, 0.25) is 0 Å². The van der Waals surface area contributed by atoms with Crippen molar-refractivity contribution in [1.82, 2.24) is 5.43 Å². The van der Waals surface area contributed by atoms with Crippen molar-refractivity contribution in [1.29, 1.82) is 0 Å². The third-order valence-corrected chi connectivity index (χ3v) is 4.99. The van der Waals surface area contributed by atoms with E-state index in [4.69, 9.17) is 14.2 Å². The van der Waals surface area contributed by atoms with Crippen molar-refractivity contribution in [3.05, 3.63) is 59.7 Å². The lowest BCUT2D eigenvalue weighted by Gasteiger charge is -2.25. The summed E-state index contributed by atoms with van der Waals surface area (Å²) in [6.45, 7) is 3.78. The molecule has 0 saturated heterocycles. The van der Waals surface area contributed by atoms with Gasteiger partial charge in [-0.2, -0.15) is 0 Å². The van der Waals surface area contributed by atoms with Crippen LogP contribution in [0.2, 0.25) is 0 Å². The fourth-order valence-electron chi connectivity index (χ4n) is 3.53. The molecule has 1 aliphatic rings. The normalized spacial score (nSPS) is 17.1. The molecule has 2 N–H and O–H groups in total. The number of carbonyl (C=O) groups is 1. The number of nitrogens with one attached hydrogen (secondary N) is 1. The lowest BCUT2D eigenvalue weighted by molar-refractivity contribution is -0.142. The van der Waals surface area contributed by atoms with Crippen LogP contribution >= 0.6 is 0 Å². The molecule has 0 amide bonds. The standard InChI is InChI=1S/C23H28N2O5/c1-5-30-21(27)14-20-22(15(2)26)24-25(17-8-12-19(29-4)13-9-17)23(20)16-6-10-18(28-3)11-7-16/h6-13,15,22,24,26H,5,14H2,1-4H3. The van der Waals surface area contributed by atoms with Gasteiger partial charge in [0.05, 0.1) is 50.8 Å². The minimum absolute atomic E-state index is 0.0738. The van der Waals surface area contributed by atoms with E-state index in [0.29, 0.717) is 6.61 Å². The van der Waals surface area contributed by atoms with Crippen LogP contribution in [0, 0.1) is 0 Å². The summed E-state index contributed by atoms with van der Waals surface area (Å²) in [7, 11) is 3.23. The Labute approximate surface area is 176 Å². The number of aliphatic hydroxyl groups is 1. The predicted octanol–water partition coefficient (Wildman–Crippen LogP) is 3.14. The molecule has 7 heteroatoms. The van der Waals surface area contributed by atoms with Gasteiger partial charge < -0.3 is 19.3 Å². The lowest BCUT2D eigenvalue weighted by Crippen LogP contribution is -2.43. The molecule has 0 radical (unpaired) electrons. The number of hydrogen-bond donors (Lipinski definition) is 2. The first-order chi connectivity index (χ1) is 14.5. The SMILES string of the molecule is CCOC(=O)CC1=C(c2ccc(OC)cc2)N(c2ccc(OC)cc2)NC1C(C)O. The van der Waals surface area contributed by atoms with Crippen LogP contribution in [0.1, 0.15) is 25.8 Å². The molecular formula is C23H28N2O5. The van der Waals surface area contributed by atoms with Crippen LogP contribution in [0.4, 0.5) is 5.69 Å². The molecule has 3 rings (SSSR count). The second kappa shape index (κ2) is 9.65. The van der Waals surface area contributed by atoms with Gasteiger partial charge in [0.25, 0.3) is 0 Å². The molecule has 0 aromatic heterocycles. The maximum absolute atomic E-state index is 12.4. The highest BCUT2D eigenvalue weighted by molar-refractivity contribution is 5.88. The van der Waals surface area contributed by atoms with E-state index < -0.39 is 12.1 Å². The number of hydrazine groups is 1. The van der Waals surface area contributed by atoms with Gasteiger partial charge in [-0.25, -0.2) is 5.43 Å². The third-order valence-electron chi connectivity index (χ3n) is 4.99. The van der Waals surface area contributed by atoms with E-state index in [1.54, 1.807) is 28.1 Å². The van der Waals surface area contributed by atoms with Crippen molar-refractivity contribution >= 4 is 17.4 Å². The Kier molecular flexibility index (Phi) is 6.97. The lowest BCUT2D eigenvalue weighted by atomic mass is 9.96. The number of hydrogen-bond acceptors (Lipinski definition) is 7. The van der Waals surface area contributed by atoms with Gasteiger partial charge in [0.15, 0.2) is 0 Å². The Hall–Kier alpha value is -3.03. The summed E-state index contributed by atoms with van der Waals surface area (Å²) < 4.78 is 15.7. The number of aliphatic hydroxyl groups excluding tert-OH is 1. The first-order valence-corrected chi connectivity index (χ1v) is 9.90. The second-order valence-electron chi connectivity index (χ2n) is 6.96. The molecule has 2 unspecified atom stereocenters. The van der Waals surface area contributed by atoms with Crippen molar-refractivity contribution < 1.29 is 24.1 Å². The van der Waals surface area contributed by atoms with Gasteiger partial charge in [-0.05, 0) is 73.5 Å². The number of anilines is 1. The van der Waals surface area contributed by atoms with E-state index in [0.717, 1.165) is 34.0 Å². The smallest absolute Gasteiger partial charge is 0.310 e. The van der Waals surface area contributed by atoms with E-state index in [-0.39, 0.29) is 12.4 Å². The Balaban J connectivity index is 2.11. The molecule has 2 aromatic rings. The Bertz CT molecular complexity index is 891. The summed E-state index contributed by atoms with van der Waals surface area (Å²) in [6, 6.07) is 14.7. The largest absolute Gasteiger partial charge is 0.497 e. The van der Waals surface area contributed by atoms with E-state index in [9.17, 15) is 9.90 Å². The third kappa shape index (κ3) is 4.58. The van der Waals surface area contributed by atoms with E-state index in [1.165, 1.54) is 0 Å². The quantitative estimate of drug-likeness (QED) is 0.645. The number of ether oxygens (including phenoxy) is 3. The van der Waals surface area contributed by atoms with Gasteiger partial charge in [0, 0.05) is 0 Å². The topological polar surface area (TPSA) is 80.3 Å². The summed E-state index contributed by atoms with van der Waals surface area (Å²) in [6.07, 6.45) is -0.643. The highest BCUT2D eigenvalue weighted by Crippen LogP contribution is 2.37. The van der Waals surface area contributed by atoms with Crippen molar-refractivity contribution in [3.8, 4) is 11.5 Å². The van der Waals surface area contributed by atoms with Crippen LogP contribution in [0.3, 0.4) is 0 Å². The van der Waals surface area contributed by atoms with E-state index >= 15 is 0 Å². The van der Waals surface area contributed by atoms with Gasteiger partial charge >= 0.3 is 5.97 Å². The first-order valence-electron chi connectivity index (χ1n) is 9.90. The monoisotopic (exact) mass is 412 g/mol. The van der Waals surface area contributed by atoms with Gasteiger partial charge in [-0.15, -0.1) is 0 Å².